The minimum Gasteiger partial charge on any atom is -0.325 e. The van der Waals surface area contributed by atoms with E-state index < -0.39 is 5.41 Å². The van der Waals surface area contributed by atoms with Gasteiger partial charge in [-0.1, -0.05) is 40.9 Å². The fraction of sp³-hybridized carbons (Fsp3) is 0.222. The predicted molar refractivity (Wildman–Crippen MR) is 102 cm³/mol. The van der Waals surface area contributed by atoms with E-state index in [9.17, 15) is 9.59 Å². The Kier molecular flexibility index (Phi) is 4.96. The van der Waals surface area contributed by atoms with Gasteiger partial charge in [-0.2, -0.15) is 0 Å². The molecular formula is C18H15Cl3N2O2. The molecule has 2 aromatic rings. The van der Waals surface area contributed by atoms with Crippen molar-refractivity contribution >= 4 is 58.0 Å². The van der Waals surface area contributed by atoms with Gasteiger partial charge >= 0.3 is 0 Å². The van der Waals surface area contributed by atoms with E-state index in [0.717, 1.165) is 5.56 Å². The van der Waals surface area contributed by atoms with Crippen LogP contribution < -0.4 is 10.6 Å². The molecule has 2 N–H and O–H groups in total. The molecule has 1 fully saturated rings. The van der Waals surface area contributed by atoms with Gasteiger partial charge in [-0.25, -0.2) is 0 Å². The SMILES string of the molecule is Cc1ccc(NC(=O)C2(C(=O)Nc3ccc(Cl)c(Cl)c3)CC2)cc1Cl. The quantitative estimate of drug-likeness (QED) is 0.687. The second-order valence-corrected chi connectivity index (χ2v) is 7.30. The molecule has 0 saturated heterocycles. The molecular weight excluding hydrogens is 383 g/mol. The molecule has 1 aliphatic carbocycles. The molecule has 2 aromatic carbocycles. The molecule has 0 bridgehead atoms. The highest BCUT2D eigenvalue weighted by atomic mass is 35.5. The van der Waals surface area contributed by atoms with Gasteiger partial charge in [0.25, 0.3) is 0 Å². The van der Waals surface area contributed by atoms with E-state index in [-0.39, 0.29) is 11.8 Å². The van der Waals surface area contributed by atoms with Gasteiger partial charge in [0.05, 0.1) is 10.0 Å². The number of hydrogen-bond acceptors (Lipinski definition) is 2. The highest BCUT2D eigenvalue weighted by Gasteiger charge is 2.56. The van der Waals surface area contributed by atoms with Crippen LogP contribution in [0.3, 0.4) is 0 Å². The normalized spacial score (nSPS) is 14.7. The molecule has 2 amide bonds. The van der Waals surface area contributed by atoms with Gasteiger partial charge in [0.15, 0.2) is 0 Å². The first kappa shape index (κ1) is 18.1. The molecule has 1 saturated carbocycles. The number of anilines is 2. The Morgan fingerprint density at radius 1 is 0.840 bits per heavy atom. The van der Waals surface area contributed by atoms with Crippen LogP contribution in [0.15, 0.2) is 36.4 Å². The van der Waals surface area contributed by atoms with Crippen LogP contribution in [-0.4, -0.2) is 11.8 Å². The van der Waals surface area contributed by atoms with E-state index in [4.69, 9.17) is 34.8 Å². The van der Waals surface area contributed by atoms with Gasteiger partial charge in [-0.05, 0) is 55.7 Å². The molecule has 4 nitrogen and oxygen atoms in total. The van der Waals surface area contributed by atoms with Gasteiger partial charge in [0.1, 0.15) is 5.41 Å². The zero-order valence-corrected chi connectivity index (χ0v) is 15.6. The van der Waals surface area contributed by atoms with E-state index in [2.05, 4.69) is 10.6 Å². The van der Waals surface area contributed by atoms with E-state index in [1.54, 1.807) is 30.3 Å². The maximum absolute atomic E-state index is 12.6. The summed E-state index contributed by atoms with van der Waals surface area (Å²) < 4.78 is 0. The number of halogens is 3. The first-order chi connectivity index (χ1) is 11.8. The lowest BCUT2D eigenvalue weighted by Crippen LogP contribution is -2.35. The van der Waals surface area contributed by atoms with E-state index in [1.807, 2.05) is 13.0 Å². The Labute approximate surface area is 160 Å². The summed E-state index contributed by atoms with van der Waals surface area (Å²) in [4.78, 5) is 25.2. The third kappa shape index (κ3) is 3.76. The van der Waals surface area contributed by atoms with Crippen molar-refractivity contribution in [3.8, 4) is 0 Å². The molecule has 0 aliphatic heterocycles. The Bertz CT molecular complexity index is 796. The van der Waals surface area contributed by atoms with Crippen molar-refractivity contribution in [2.24, 2.45) is 5.41 Å². The molecule has 0 radical (unpaired) electrons. The first-order valence-corrected chi connectivity index (χ1v) is 8.79. The van der Waals surface area contributed by atoms with E-state index >= 15 is 0 Å². The largest absolute Gasteiger partial charge is 0.325 e. The Hall–Kier alpha value is -1.75. The van der Waals surface area contributed by atoms with Crippen LogP contribution in [0.25, 0.3) is 0 Å². The zero-order chi connectivity index (χ0) is 18.2. The maximum Gasteiger partial charge on any atom is 0.240 e. The number of carbonyl (C=O) groups is 2. The fourth-order valence-corrected chi connectivity index (χ4v) is 2.91. The van der Waals surface area contributed by atoms with Crippen LogP contribution in [0.5, 0.6) is 0 Å². The Morgan fingerprint density at radius 2 is 1.36 bits per heavy atom. The van der Waals surface area contributed by atoms with Gasteiger partial charge in [0, 0.05) is 16.4 Å². The molecule has 1 aliphatic rings. The average Bonchev–Trinajstić information content (AvgIpc) is 3.36. The average molecular weight is 398 g/mol. The number of carbonyl (C=O) groups excluding carboxylic acids is 2. The lowest BCUT2D eigenvalue weighted by molar-refractivity contribution is -0.131. The monoisotopic (exact) mass is 396 g/mol. The summed E-state index contributed by atoms with van der Waals surface area (Å²) in [5.74, 6) is -0.702. The van der Waals surface area contributed by atoms with Crippen LogP contribution in [-0.2, 0) is 9.59 Å². The lowest BCUT2D eigenvalue weighted by atomic mass is 10.0. The van der Waals surface area contributed by atoms with Crippen molar-refractivity contribution in [1.82, 2.24) is 0 Å². The fourth-order valence-electron chi connectivity index (χ4n) is 2.43. The van der Waals surface area contributed by atoms with Gasteiger partial charge in [-0.15, -0.1) is 0 Å². The molecule has 0 unspecified atom stereocenters. The van der Waals surface area contributed by atoms with Crippen molar-refractivity contribution in [2.45, 2.75) is 19.8 Å². The molecule has 3 rings (SSSR count). The van der Waals surface area contributed by atoms with Crippen LogP contribution in [0.4, 0.5) is 11.4 Å². The topological polar surface area (TPSA) is 58.2 Å². The third-order valence-electron chi connectivity index (χ3n) is 4.23. The summed E-state index contributed by atoms with van der Waals surface area (Å²) in [6.07, 6.45) is 0.983. The van der Waals surface area contributed by atoms with Crippen molar-refractivity contribution in [1.29, 1.82) is 0 Å². The summed E-state index contributed by atoms with van der Waals surface area (Å²) in [7, 11) is 0. The molecule has 0 heterocycles. The van der Waals surface area contributed by atoms with Crippen LogP contribution in [0, 0.1) is 12.3 Å². The van der Waals surface area contributed by atoms with Gasteiger partial charge < -0.3 is 10.6 Å². The van der Waals surface area contributed by atoms with E-state index in [1.165, 1.54) is 0 Å². The lowest BCUT2D eigenvalue weighted by Gasteiger charge is -2.16. The number of benzene rings is 2. The molecule has 0 aromatic heterocycles. The summed E-state index contributed by atoms with van der Waals surface area (Å²) in [6.45, 7) is 1.88. The number of hydrogen-bond donors (Lipinski definition) is 2. The number of aryl methyl sites for hydroxylation is 1. The highest BCUT2D eigenvalue weighted by Crippen LogP contribution is 2.47. The molecule has 130 valence electrons. The standard InChI is InChI=1S/C18H15Cl3N2O2/c1-10-2-3-11(8-14(10)20)22-16(24)18(6-7-18)17(25)23-12-4-5-13(19)15(21)9-12/h2-5,8-9H,6-7H2,1H3,(H,22,24)(H,23,25). The van der Waals surface area contributed by atoms with Crippen molar-refractivity contribution < 1.29 is 9.59 Å². The van der Waals surface area contributed by atoms with Crippen molar-refractivity contribution in [3.63, 3.8) is 0 Å². The number of nitrogens with one attached hydrogen (secondary N) is 2. The van der Waals surface area contributed by atoms with Crippen LogP contribution >= 0.6 is 34.8 Å². The van der Waals surface area contributed by atoms with Crippen molar-refractivity contribution in [3.05, 3.63) is 57.0 Å². The van der Waals surface area contributed by atoms with Crippen LogP contribution in [0.1, 0.15) is 18.4 Å². The number of amides is 2. The molecule has 25 heavy (non-hydrogen) atoms. The Balaban J connectivity index is 1.72. The van der Waals surface area contributed by atoms with Gasteiger partial charge in [-0.3, -0.25) is 9.59 Å². The van der Waals surface area contributed by atoms with E-state index in [0.29, 0.717) is 39.3 Å². The highest BCUT2D eigenvalue weighted by molar-refractivity contribution is 6.42. The number of rotatable bonds is 4. The van der Waals surface area contributed by atoms with Crippen molar-refractivity contribution in [2.75, 3.05) is 10.6 Å². The summed E-state index contributed by atoms with van der Waals surface area (Å²) in [6, 6.07) is 10.0. The smallest absolute Gasteiger partial charge is 0.240 e. The van der Waals surface area contributed by atoms with Gasteiger partial charge in [0.2, 0.25) is 11.8 Å². The predicted octanol–water partition coefficient (Wildman–Crippen LogP) is 5.31. The summed E-state index contributed by atoms with van der Waals surface area (Å²) in [5.41, 5.74) is 0.910. The minimum atomic E-state index is -1.07. The molecule has 0 atom stereocenters. The minimum absolute atomic E-state index is 0.336. The zero-order valence-electron chi connectivity index (χ0n) is 13.3. The third-order valence-corrected chi connectivity index (χ3v) is 5.37. The summed E-state index contributed by atoms with van der Waals surface area (Å²) >= 11 is 17.9. The molecule has 0 spiro atoms. The second kappa shape index (κ2) is 6.87. The second-order valence-electron chi connectivity index (χ2n) is 6.08. The molecule has 7 heteroatoms. The first-order valence-electron chi connectivity index (χ1n) is 7.66. The summed E-state index contributed by atoms with van der Waals surface area (Å²) in [5, 5.41) is 6.79. The van der Waals surface area contributed by atoms with Crippen LogP contribution in [0.2, 0.25) is 15.1 Å². The Morgan fingerprint density at radius 3 is 1.84 bits per heavy atom. The maximum atomic E-state index is 12.6.